The molecule has 1 heterocycles. The number of pyridine rings is 1. The van der Waals surface area contributed by atoms with Crippen molar-refractivity contribution in [3.05, 3.63) is 106 Å². The van der Waals surface area contributed by atoms with Crippen molar-refractivity contribution in [1.29, 1.82) is 0 Å². The molecule has 4 heteroatoms. The number of H-pyrrole nitrogens is 1. The largest absolute Gasteiger partial charge is 0.411 e. The minimum Gasteiger partial charge on any atom is -0.411 e. The van der Waals surface area contributed by atoms with E-state index in [2.05, 4.69) is 34.4 Å². The number of hydrogen-bond donors (Lipinski definition) is 2. The number of benzene rings is 2. The van der Waals surface area contributed by atoms with E-state index in [-0.39, 0.29) is 11.5 Å². The molecule has 0 aliphatic carbocycles. The fourth-order valence-electron chi connectivity index (χ4n) is 2.80. The molecule has 1 aromatic heterocycles. The highest BCUT2D eigenvalue weighted by Crippen LogP contribution is 2.29. The first-order valence-electron chi connectivity index (χ1n) is 7.78. The number of oxime groups is 1. The number of rotatable bonds is 5. The molecule has 0 aliphatic rings. The standard InChI is InChI=1S/C20H18N2O2/c23-20-12-11-17(14-21-20)19(22-24)13-18(15-7-3-1-4-8-15)16-9-5-2-6-10-16/h1-12,14,18,24H,13H2,(H,21,23)/b22-19+. The smallest absolute Gasteiger partial charge is 0.247 e. The first-order chi connectivity index (χ1) is 11.8. The van der Waals surface area contributed by atoms with Crippen LogP contribution in [-0.2, 0) is 0 Å². The highest BCUT2D eigenvalue weighted by atomic mass is 16.4. The number of hydrogen-bond acceptors (Lipinski definition) is 3. The molecule has 120 valence electrons. The summed E-state index contributed by atoms with van der Waals surface area (Å²) < 4.78 is 0. The van der Waals surface area contributed by atoms with Crippen LogP contribution >= 0.6 is 0 Å². The molecule has 0 fully saturated rings. The fourth-order valence-corrected chi connectivity index (χ4v) is 2.80. The molecule has 3 aromatic rings. The molecule has 0 amide bonds. The van der Waals surface area contributed by atoms with Crippen molar-refractivity contribution >= 4 is 5.71 Å². The number of aromatic nitrogens is 1. The van der Waals surface area contributed by atoms with Gasteiger partial charge in [0, 0.05) is 30.2 Å². The highest BCUT2D eigenvalue weighted by Gasteiger charge is 2.18. The van der Waals surface area contributed by atoms with Gasteiger partial charge in [0.05, 0.1) is 5.71 Å². The molecule has 3 rings (SSSR count). The van der Waals surface area contributed by atoms with E-state index in [0.717, 1.165) is 11.1 Å². The zero-order valence-electron chi connectivity index (χ0n) is 13.1. The SMILES string of the molecule is O=c1ccc(/C(CC(c2ccccc2)c2ccccc2)=N/O)c[nH]1. The van der Waals surface area contributed by atoms with E-state index in [1.807, 2.05) is 36.4 Å². The average molecular weight is 318 g/mol. The molecule has 0 unspecified atom stereocenters. The topological polar surface area (TPSA) is 65.4 Å². The number of aromatic amines is 1. The van der Waals surface area contributed by atoms with E-state index in [9.17, 15) is 10.0 Å². The van der Waals surface area contributed by atoms with E-state index >= 15 is 0 Å². The van der Waals surface area contributed by atoms with Gasteiger partial charge < -0.3 is 10.2 Å². The average Bonchev–Trinajstić information content (AvgIpc) is 2.65. The molecule has 0 saturated heterocycles. The minimum absolute atomic E-state index is 0.0604. The molecular weight excluding hydrogens is 300 g/mol. The lowest BCUT2D eigenvalue weighted by atomic mass is 9.86. The maximum absolute atomic E-state index is 11.2. The van der Waals surface area contributed by atoms with E-state index in [4.69, 9.17) is 0 Å². The summed E-state index contributed by atoms with van der Waals surface area (Å²) in [7, 11) is 0. The Hall–Kier alpha value is -3.14. The van der Waals surface area contributed by atoms with Crippen LogP contribution in [-0.4, -0.2) is 15.9 Å². The van der Waals surface area contributed by atoms with Crippen LogP contribution in [0, 0.1) is 0 Å². The highest BCUT2D eigenvalue weighted by molar-refractivity contribution is 6.00. The molecule has 0 spiro atoms. The second-order valence-electron chi connectivity index (χ2n) is 5.57. The van der Waals surface area contributed by atoms with Crippen LogP contribution in [0.5, 0.6) is 0 Å². The van der Waals surface area contributed by atoms with Crippen molar-refractivity contribution in [1.82, 2.24) is 4.98 Å². The summed E-state index contributed by atoms with van der Waals surface area (Å²) >= 11 is 0. The summed E-state index contributed by atoms with van der Waals surface area (Å²) in [6.45, 7) is 0. The second-order valence-corrected chi connectivity index (χ2v) is 5.57. The van der Waals surface area contributed by atoms with Crippen LogP contribution in [0.25, 0.3) is 0 Å². The maximum atomic E-state index is 11.2. The zero-order chi connectivity index (χ0) is 16.8. The van der Waals surface area contributed by atoms with Gasteiger partial charge in [0.25, 0.3) is 0 Å². The quantitative estimate of drug-likeness (QED) is 0.427. The van der Waals surface area contributed by atoms with E-state index in [1.54, 1.807) is 12.3 Å². The normalized spacial score (nSPS) is 11.6. The van der Waals surface area contributed by atoms with Crippen LogP contribution in [0.4, 0.5) is 0 Å². The van der Waals surface area contributed by atoms with Crippen molar-refractivity contribution in [2.45, 2.75) is 12.3 Å². The maximum Gasteiger partial charge on any atom is 0.247 e. The van der Waals surface area contributed by atoms with Gasteiger partial charge >= 0.3 is 0 Å². The van der Waals surface area contributed by atoms with Crippen LogP contribution in [0.3, 0.4) is 0 Å². The zero-order valence-corrected chi connectivity index (χ0v) is 13.1. The molecular formula is C20H18N2O2. The predicted octanol–water partition coefficient (Wildman–Crippen LogP) is 3.78. The number of nitrogens with one attached hydrogen (secondary N) is 1. The molecule has 2 aromatic carbocycles. The summed E-state index contributed by atoms with van der Waals surface area (Å²) in [5, 5.41) is 13.0. The lowest BCUT2D eigenvalue weighted by Gasteiger charge is -2.18. The van der Waals surface area contributed by atoms with Gasteiger partial charge in [0.1, 0.15) is 0 Å². The lowest BCUT2D eigenvalue weighted by molar-refractivity contribution is 0.317. The number of nitrogens with zero attached hydrogens (tertiary/aromatic N) is 1. The van der Waals surface area contributed by atoms with Gasteiger partial charge in [-0.1, -0.05) is 65.8 Å². The first kappa shape index (κ1) is 15.7. The van der Waals surface area contributed by atoms with Gasteiger partial charge in [-0.05, 0) is 17.2 Å². The Kier molecular flexibility index (Phi) is 4.87. The van der Waals surface area contributed by atoms with Gasteiger partial charge in [-0.15, -0.1) is 0 Å². The van der Waals surface area contributed by atoms with Crippen molar-refractivity contribution in [2.75, 3.05) is 0 Å². The Morgan fingerprint density at radius 3 is 1.96 bits per heavy atom. The third-order valence-electron chi connectivity index (χ3n) is 4.04. The van der Waals surface area contributed by atoms with Gasteiger partial charge in [-0.2, -0.15) is 0 Å². The monoisotopic (exact) mass is 318 g/mol. The van der Waals surface area contributed by atoms with Crippen LogP contribution in [0.15, 0.2) is 88.9 Å². The summed E-state index contributed by atoms with van der Waals surface area (Å²) in [4.78, 5) is 13.9. The molecule has 24 heavy (non-hydrogen) atoms. The van der Waals surface area contributed by atoms with Gasteiger partial charge in [0.2, 0.25) is 5.56 Å². The van der Waals surface area contributed by atoms with Crippen LogP contribution in [0.2, 0.25) is 0 Å². The molecule has 0 saturated carbocycles. The first-order valence-corrected chi connectivity index (χ1v) is 7.78. The Balaban J connectivity index is 1.97. The van der Waals surface area contributed by atoms with Gasteiger partial charge in [0.15, 0.2) is 0 Å². The Morgan fingerprint density at radius 1 is 0.917 bits per heavy atom. The summed E-state index contributed by atoms with van der Waals surface area (Å²) in [6, 6.07) is 23.3. The third kappa shape index (κ3) is 3.60. The lowest BCUT2D eigenvalue weighted by Crippen LogP contribution is -2.12. The van der Waals surface area contributed by atoms with E-state index in [1.165, 1.54) is 6.07 Å². The predicted molar refractivity (Wildman–Crippen MR) is 94.7 cm³/mol. The molecule has 0 atom stereocenters. The van der Waals surface area contributed by atoms with Crippen LogP contribution < -0.4 is 5.56 Å². The molecule has 4 nitrogen and oxygen atoms in total. The molecule has 0 bridgehead atoms. The second kappa shape index (κ2) is 7.42. The van der Waals surface area contributed by atoms with Gasteiger partial charge in [-0.25, -0.2) is 0 Å². The van der Waals surface area contributed by atoms with Gasteiger partial charge in [-0.3, -0.25) is 4.79 Å². The third-order valence-corrected chi connectivity index (χ3v) is 4.04. The van der Waals surface area contributed by atoms with Crippen molar-refractivity contribution in [2.24, 2.45) is 5.16 Å². The van der Waals surface area contributed by atoms with Crippen molar-refractivity contribution in [3.63, 3.8) is 0 Å². The summed E-state index contributed by atoms with van der Waals surface area (Å²) in [6.07, 6.45) is 2.10. The fraction of sp³-hybridized carbons (Fsp3) is 0.100. The Morgan fingerprint density at radius 2 is 1.50 bits per heavy atom. The molecule has 0 aliphatic heterocycles. The minimum atomic E-state index is -0.182. The summed E-state index contributed by atoms with van der Waals surface area (Å²) in [5.41, 5.74) is 3.35. The van der Waals surface area contributed by atoms with Crippen molar-refractivity contribution < 1.29 is 5.21 Å². The molecule has 2 N–H and O–H groups in total. The van der Waals surface area contributed by atoms with E-state index in [0.29, 0.717) is 17.7 Å². The van der Waals surface area contributed by atoms with Crippen LogP contribution in [0.1, 0.15) is 29.0 Å². The Bertz CT molecular complexity index is 811. The molecule has 0 radical (unpaired) electrons. The van der Waals surface area contributed by atoms with E-state index < -0.39 is 0 Å². The summed E-state index contributed by atoms with van der Waals surface area (Å²) in [5.74, 6) is 0.0604. The van der Waals surface area contributed by atoms with Crippen molar-refractivity contribution in [3.8, 4) is 0 Å². The Labute approximate surface area is 140 Å².